The first kappa shape index (κ1) is 65.7. The van der Waals surface area contributed by atoms with Crippen molar-refractivity contribution in [1.82, 2.24) is 0 Å². The maximum Gasteiger partial charge on any atom is 0.472 e. The van der Waals surface area contributed by atoms with Crippen molar-refractivity contribution in [3.05, 3.63) is 36.5 Å². The Kier molecular flexibility index (Phi) is 49.3. The van der Waals surface area contributed by atoms with Crippen LogP contribution in [0.15, 0.2) is 36.5 Å². The molecule has 0 aliphatic rings. The zero-order valence-electron chi connectivity index (χ0n) is 43.8. The molecule has 0 aromatic carbocycles. The number of phosphoric ester groups is 1. The van der Waals surface area contributed by atoms with Crippen LogP contribution in [0.1, 0.15) is 265 Å². The largest absolute Gasteiger partial charge is 0.472 e. The summed E-state index contributed by atoms with van der Waals surface area (Å²) in [5.41, 5.74) is 0. The summed E-state index contributed by atoms with van der Waals surface area (Å²) in [5.74, 6) is -1.47. The fourth-order valence-electron chi connectivity index (χ4n) is 7.73. The number of ether oxygens (including phenoxy) is 3. The summed E-state index contributed by atoms with van der Waals surface area (Å²) < 4.78 is 39.4. The molecule has 0 saturated carbocycles. The number of allylic oxidation sites excluding steroid dienone is 6. The molecule has 0 spiro atoms. The highest BCUT2D eigenvalue weighted by Gasteiger charge is 2.28. The number of aliphatic hydroxyl groups excluding tert-OH is 1. The van der Waals surface area contributed by atoms with Crippen LogP contribution < -0.4 is 0 Å². The summed E-state index contributed by atoms with van der Waals surface area (Å²) >= 11 is 0. The van der Waals surface area contributed by atoms with E-state index in [0.29, 0.717) is 19.3 Å². The summed E-state index contributed by atoms with van der Waals surface area (Å²) in [5, 5.41) is 9.78. The van der Waals surface area contributed by atoms with Crippen LogP contribution >= 0.6 is 7.82 Å². The fraction of sp³-hybridized carbons (Fsp3) is 0.839. The Hall–Kier alpha value is -2.30. The van der Waals surface area contributed by atoms with Crippen LogP contribution in [0.25, 0.3) is 0 Å². The van der Waals surface area contributed by atoms with E-state index in [0.717, 1.165) is 89.9 Å². The Balaban J connectivity index is 4.64. The van der Waals surface area contributed by atoms with Gasteiger partial charge in [0.05, 0.1) is 19.8 Å². The van der Waals surface area contributed by atoms with Gasteiger partial charge in [0.15, 0.2) is 6.10 Å². The molecular weight excluding hydrogens is 880 g/mol. The molecule has 68 heavy (non-hydrogen) atoms. The topological polar surface area (TPSA) is 155 Å². The lowest BCUT2D eigenvalue weighted by molar-refractivity contribution is -0.161. The van der Waals surface area contributed by atoms with Crippen molar-refractivity contribution in [1.29, 1.82) is 0 Å². The van der Waals surface area contributed by atoms with Crippen molar-refractivity contribution < 1.29 is 52.2 Å². The molecule has 0 fully saturated rings. The molecule has 0 bridgehead atoms. The molecule has 12 heteroatoms. The normalized spacial score (nSPS) is 13.7. The Morgan fingerprint density at radius 2 is 0.721 bits per heavy atom. The first-order valence-electron chi connectivity index (χ1n) is 27.9. The predicted molar refractivity (Wildman–Crippen MR) is 279 cm³/mol. The van der Waals surface area contributed by atoms with Crippen LogP contribution in [0.3, 0.4) is 0 Å². The van der Waals surface area contributed by atoms with Gasteiger partial charge in [0.25, 0.3) is 0 Å². The minimum atomic E-state index is -4.74. The molecular formula is C56H103O11P. The van der Waals surface area contributed by atoms with Gasteiger partial charge in [0.1, 0.15) is 12.7 Å². The Morgan fingerprint density at radius 1 is 0.412 bits per heavy atom. The van der Waals surface area contributed by atoms with Gasteiger partial charge < -0.3 is 24.2 Å². The molecule has 3 atom stereocenters. The van der Waals surface area contributed by atoms with E-state index in [-0.39, 0.29) is 25.9 Å². The first-order valence-corrected chi connectivity index (χ1v) is 29.4. The molecule has 0 radical (unpaired) electrons. The Bertz CT molecular complexity index is 1280. The van der Waals surface area contributed by atoms with Gasteiger partial charge in [-0.05, 0) is 77.0 Å². The number of phosphoric acid groups is 1. The summed E-state index contributed by atoms with van der Waals surface area (Å²) in [7, 11) is -4.74. The number of aliphatic hydroxyl groups is 1. The average Bonchev–Trinajstić information content (AvgIpc) is 3.32. The smallest absolute Gasteiger partial charge is 0.462 e. The summed E-state index contributed by atoms with van der Waals surface area (Å²) in [6, 6.07) is 0. The Morgan fingerprint density at radius 3 is 1.15 bits per heavy atom. The minimum absolute atomic E-state index is 0.165. The summed E-state index contributed by atoms with van der Waals surface area (Å²) in [4.78, 5) is 48.3. The van der Waals surface area contributed by atoms with E-state index in [1.54, 1.807) is 0 Å². The van der Waals surface area contributed by atoms with Crippen LogP contribution in [0.2, 0.25) is 0 Å². The second-order valence-electron chi connectivity index (χ2n) is 18.7. The van der Waals surface area contributed by atoms with E-state index >= 15 is 0 Å². The zero-order valence-corrected chi connectivity index (χ0v) is 44.7. The molecule has 0 saturated heterocycles. The van der Waals surface area contributed by atoms with Gasteiger partial charge in [-0.2, -0.15) is 0 Å². The Labute approximate surface area is 416 Å². The van der Waals surface area contributed by atoms with Crippen LogP contribution in [-0.4, -0.2) is 66.5 Å². The van der Waals surface area contributed by atoms with Crippen molar-refractivity contribution in [3.8, 4) is 0 Å². The number of esters is 3. The molecule has 398 valence electrons. The lowest BCUT2D eigenvalue weighted by Gasteiger charge is -2.21. The third kappa shape index (κ3) is 48.7. The van der Waals surface area contributed by atoms with Gasteiger partial charge in [-0.1, -0.05) is 205 Å². The van der Waals surface area contributed by atoms with Crippen molar-refractivity contribution >= 4 is 25.7 Å². The first-order chi connectivity index (χ1) is 33.2. The number of rotatable bonds is 52. The lowest BCUT2D eigenvalue weighted by Crippen LogP contribution is -2.30. The summed E-state index contributed by atoms with van der Waals surface area (Å²) in [6.45, 7) is 4.59. The van der Waals surface area contributed by atoms with Crippen molar-refractivity contribution in [2.45, 2.75) is 277 Å². The number of hydrogen-bond donors (Lipinski definition) is 2. The molecule has 0 heterocycles. The molecule has 0 amide bonds. The minimum Gasteiger partial charge on any atom is -0.462 e. The molecule has 0 aliphatic heterocycles. The van der Waals surface area contributed by atoms with Crippen molar-refractivity contribution in [2.24, 2.45) is 0 Å². The van der Waals surface area contributed by atoms with E-state index in [1.165, 1.54) is 116 Å². The molecule has 0 rings (SSSR count). The third-order valence-corrected chi connectivity index (χ3v) is 13.0. The van der Waals surface area contributed by atoms with E-state index in [9.17, 15) is 28.9 Å². The molecule has 2 N–H and O–H groups in total. The monoisotopic (exact) mass is 983 g/mol. The number of carbonyl (C=O) groups is 3. The van der Waals surface area contributed by atoms with Gasteiger partial charge in [0, 0.05) is 19.3 Å². The van der Waals surface area contributed by atoms with Crippen molar-refractivity contribution in [3.63, 3.8) is 0 Å². The van der Waals surface area contributed by atoms with Crippen molar-refractivity contribution in [2.75, 3.05) is 26.4 Å². The van der Waals surface area contributed by atoms with Gasteiger partial charge in [-0.25, -0.2) is 4.57 Å². The van der Waals surface area contributed by atoms with E-state index < -0.39 is 57.8 Å². The van der Waals surface area contributed by atoms with Gasteiger partial charge >= 0.3 is 25.7 Å². The fourth-order valence-corrected chi connectivity index (χ4v) is 8.52. The molecule has 0 aromatic heterocycles. The van der Waals surface area contributed by atoms with E-state index in [1.807, 2.05) is 0 Å². The molecule has 0 aliphatic carbocycles. The van der Waals surface area contributed by atoms with Crippen LogP contribution in [-0.2, 0) is 42.2 Å². The highest BCUT2D eigenvalue weighted by atomic mass is 31.2. The molecule has 0 aromatic rings. The van der Waals surface area contributed by atoms with E-state index in [2.05, 4.69) is 57.2 Å². The second kappa shape index (κ2) is 51.1. The summed E-state index contributed by atoms with van der Waals surface area (Å²) in [6.07, 6.45) is 51.1. The quantitative estimate of drug-likeness (QED) is 0.0197. The maximum atomic E-state index is 12.9. The SMILES string of the molecule is CCCCC/C=C\C/C=C\CCCCCCCCCCCC(=O)OC(COC(=O)CCCCCCCCCCC)COP(=O)(O)OCC(CO)OC(=O)CCCCCCC/C=C\CCCCCC. The average molecular weight is 983 g/mol. The van der Waals surface area contributed by atoms with Gasteiger partial charge in [0.2, 0.25) is 0 Å². The number of unbranched alkanes of at least 4 members (excludes halogenated alkanes) is 29. The zero-order chi connectivity index (χ0) is 49.9. The lowest BCUT2D eigenvalue weighted by atomic mass is 10.1. The van der Waals surface area contributed by atoms with Crippen LogP contribution in [0.4, 0.5) is 0 Å². The highest BCUT2D eigenvalue weighted by Crippen LogP contribution is 2.43. The van der Waals surface area contributed by atoms with Gasteiger partial charge in [-0.3, -0.25) is 23.4 Å². The van der Waals surface area contributed by atoms with Crippen LogP contribution in [0, 0.1) is 0 Å². The highest BCUT2D eigenvalue weighted by molar-refractivity contribution is 7.47. The van der Waals surface area contributed by atoms with Crippen LogP contribution in [0.5, 0.6) is 0 Å². The number of carbonyl (C=O) groups excluding carboxylic acids is 3. The number of hydrogen-bond acceptors (Lipinski definition) is 10. The second-order valence-corrected chi connectivity index (χ2v) is 20.2. The predicted octanol–water partition coefficient (Wildman–Crippen LogP) is 16.0. The molecule has 3 unspecified atom stereocenters. The maximum absolute atomic E-state index is 12.9. The molecule has 11 nitrogen and oxygen atoms in total. The standard InChI is InChI=1S/C56H103O11P/c1-4-7-10-13-16-19-21-23-24-25-26-27-28-30-32-35-38-41-44-47-56(60)67-53(49-63-54(58)45-42-39-36-33-18-15-12-9-6-3)51-65-68(61,62)64-50-52(48-57)66-55(59)46-43-40-37-34-31-29-22-20-17-14-11-8-5-2/h16,19-20,22-24,52-53,57H,4-15,17-18,21,25-51H2,1-3H3,(H,61,62)/b19-16-,22-20-,24-23-. The van der Waals surface area contributed by atoms with Gasteiger partial charge in [-0.15, -0.1) is 0 Å². The third-order valence-electron chi connectivity index (χ3n) is 12.0. The van der Waals surface area contributed by atoms with E-state index in [4.69, 9.17) is 23.3 Å².